The Morgan fingerprint density at radius 2 is 1.86 bits per heavy atom. The molecular formula is C13H9F3N2O3. The van der Waals surface area contributed by atoms with E-state index in [0.29, 0.717) is 12.8 Å². The number of nitrogens with two attached hydrogens (primary N) is 1. The van der Waals surface area contributed by atoms with Gasteiger partial charge in [0.15, 0.2) is 17.5 Å². The number of hydrogen-bond donors (Lipinski definition) is 2. The number of halogens is 3. The second kappa shape index (κ2) is 4.24. The summed E-state index contributed by atoms with van der Waals surface area (Å²) in [5.41, 5.74) is 1.62. The molecular weight excluding hydrogens is 289 g/mol. The van der Waals surface area contributed by atoms with Crippen LogP contribution < -0.4 is 11.2 Å². The summed E-state index contributed by atoms with van der Waals surface area (Å²) < 4.78 is 42.8. The van der Waals surface area contributed by atoms with E-state index in [0.717, 1.165) is 10.8 Å². The van der Waals surface area contributed by atoms with Gasteiger partial charge in [-0.05, 0) is 12.8 Å². The van der Waals surface area contributed by atoms with Crippen molar-refractivity contribution in [3.05, 3.63) is 39.4 Å². The Bertz CT molecular complexity index is 856. The van der Waals surface area contributed by atoms with Crippen LogP contribution in [0.1, 0.15) is 29.2 Å². The summed E-state index contributed by atoms with van der Waals surface area (Å²) in [6, 6.07) is -0.259. The van der Waals surface area contributed by atoms with Gasteiger partial charge in [-0.3, -0.25) is 4.79 Å². The van der Waals surface area contributed by atoms with E-state index >= 15 is 0 Å². The topological polar surface area (TPSA) is 85.3 Å². The number of nitrogens with zero attached hydrogens (tertiary/aromatic N) is 1. The van der Waals surface area contributed by atoms with E-state index in [-0.39, 0.29) is 6.04 Å². The molecule has 21 heavy (non-hydrogen) atoms. The number of carboxylic acids is 1. The molecule has 1 aliphatic carbocycles. The second-order valence-electron chi connectivity index (χ2n) is 4.89. The second-order valence-corrected chi connectivity index (χ2v) is 4.89. The molecule has 2 aromatic rings. The Kier molecular flexibility index (Phi) is 2.72. The predicted molar refractivity (Wildman–Crippen MR) is 67.7 cm³/mol. The number of pyridine rings is 1. The Balaban J connectivity index is 2.59. The normalized spacial score (nSPS) is 14.6. The van der Waals surface area contributed by atoms with Gasteiger partial charge < -0.3 is 15.4 Å². The van der Waals surface area contributed by atoms with Crippen molar-refractivity contribution in [2.75, 3.05) is 5.73 Å². The molecule has 1 heterocycles. The van der Waals surface area contributed by atoms with E-state index in [1.807, 2.05) is 0 Å². The molecule has 8 heteroatoms. The van der Waals surface area contributed by atoms with Crippen LogP contribution in [0.15, 0.2) is 11.0 Å². The lowest BCUT2D eigenvalue weighted by Crippen LogP contribution is -2.21. The third kappa shape index (κ3) is 1.78. The molecule has 0 radical (unpaired) electrons. The zero-order chi connectivity index (χ0) is 15.5. The third-order valence-corrected chi connectivity index (χ3v) is 3.50. The number of aromatic nitrogens is 1. The molecule has 5 nitrogen and oxygen atoms in total. The maximum absolute atomic E-state index is 14.2. The molecule has 110 valence electrons. The van der Waals surface area contributed by atoms with Gasteiger partial charge in [-0.15, -0.1) is 0 Å². The van der Waals surface area contributed by atoms with Gasteiger partial charge in [-0.25, -0.2) is 18.0 Å². The molecule has 0 spiro atoms. The Morgan fingerprint density at radius 3 is 2.38 bits per heavy atom. The monoisotopic (exact) mass is 298 g/mol. The number of hydrogen-bond acceptors (Lipinski definition) is 3. The van der Waals surface area contributed by atoms with Crippen LogP contribution in [0.2, 0.25) is 0 Å². The van der Waals surface area contributed by atoms with Crippen LogP contribution >= 0.6 is 0 Å². The highest BCUT2D eigenvalue weighted by molar-refractivity contribution is 5.94. The number of carboxylic acid groups (broad SMARTS) is 1. The van der Waals surface area contributed by atoms with Crippen molar-refractivity contribution in [3.8, 4) is 0 Å². The van der Waals surface area contributed by atoms with Gasteiger partial charge in [0.25, 0.3) is 0 Å². The molecule has 1 aromatic carbocycles. The van der Waals surface area contributed by atoms with E-state index in [9.17, 15) is 22.8 Å². The van der Waals surface area contributed by atoms with Crippen LogP contribution in [0.3, 0.4) is 0 Å². The maximum atomic E-state index is 14.2. The lowest BCUT2D eigenvalue weighted by molar-refractivity contribution is 0.0695. The highest BCUT2D eigenvalue weighted by atomic mass is 19.2. The highest BCUT2D eigenvalue weighted by Crippen LogP contribution is 2.39. The van der Waals surface area contributed by atoms with Crippen LogP contribution in [0.4, 0.5) is 18.9 Å². The Hall–Kier alpha value is -2.51. The number of benzene rings is 1. The average Bonchev–Trinajstić information content (AvgIpc) is 3.26. The first kappa shape index (κ1) is 13.5. The molecule has 0 aliphatic heterocycles. The summed E-state index contributed by atoms with van der Waals surface area (Å²) in [4.78, 5) is 23.1. The van der Waals surface area contributed by atoms with Crippen molar-refractivity contribution in [1.82, 2.24) is 4.57 Å². The molecule has 0 unspecified atom stereocenters. The number of aromatic carboxylic acids is 1. The highest BCUT2D eigenvalue weighted by Gasteiger charge is 2.31. The zero-order valence-corrected chi connectivity index (χ0v) is 10.5. The van der Waals surface area contributed by atoms with Crippen LogP contribution in [-0.2, 0) is 0 Å². The van der Waals surface area contributed by atoms with Gasteiger partial charge in [0, 0.05) is 12.2 Å². The average molecular weight is 298 g/mol. The summed E-state index contributed by atoms with van der Waals surface area (Å²) in [5.74, 6) is -6.17. The summed E-state index contributed by atoms with van der Waals surface area (Å²) in [5, 5.41) is 8.06. The number of fused-ring (bicyclic) bond motifs is 1. The lowest BCUT2D eigenvalue weighted by atomic mass is 10.1. The van der Waals surface area contributed by atoms with E-state index in [2.05, 4.69) is 0 Å². The van der Waals surface area contributed by atoms with Crippen molar-refractivity contribution >= 4 is 22.6 Å². The molecule has 1 aliphatic rings. The van der Waals surface area contributed by atoms with Gasteiger partial charge >= 0.3 is 5.97 Å². The SMILES string of the molecule is Nc1c(F)c(F)c2c(=O)c(C(=O)O)cn(C3CC3)c2c1F. The van der Waals surface area contributed by atoms with Crippen LogP contribution in [0, 0.1) is 17.5 Å². The quantitative estimate of drug-likeness (QED) is 0.656. The molecule has 0 amide bonds. The summed E-state index contributed by atoms with van der Waals surface area (Å²) in [6.45, 7) is 0. The van der Waals surface area contributed by atoms with Crippen molar-refractivity contribution in [2.45, 2.75) is 18.9 Å². The first-order valence-corrected chi connectivity index (χ1v) is 6.08. The van der Waals surface area contributed by atoms with E-state index in [4.69, 9.17) is 10.8 Å². The minimum atomic E-state index is -1.69. The minimum absolute atomic E-state index is 0.259. The van der Waals surface area contributed by atoms with Crippen molar-refractivity contribution in [3.63, 3.8) is 0 Å². The Morgan fingerprint density at radius 1 is 1.24 bits per heavy atom. The van der Waals surface area contributed by atoms with Gasteiger partial charge in [0.1, 0.15) is 11.3 Å². The molecule has 1 saturated carbocycles. The molecule has 1 fully saturated rings. The van der Waals surface area contributed by atoms with Gasteiger partial charge in [-0.2, -0.15) is 0 Å². The van der Waals surface area contributed by atoms with Gasteiger partial charge in [-0.1, -0.05) is 0 Å². The molecule has 0 atom stereocenters. The van der Waals surface area contributed by atoms with Crippen LogP contribution in [0.25, 0.3) is 10.9 Å². The number of anilines is 1. The molecule has 1 aromatic heterocycles. The van der Waals surface area contributed by atoms with E-state index in [1.54, 1.807) is 0 Å². The fourth-order valence-corrected chi connectivity index (χ4v) is 2.31. The fraction of sp³-hybridized carbons (Fsp3) is 0.231. The van der Waals surface area contributed by atoms with Crippen molar-refractivity contribution in [2.24, 2.45) is 0 Å². The molecule has 0 saturated heterocycles. The summed E-state index contributed by atoms with van der Waals surface area (Å²) >= 11 is 0. The van der Waals surface area contributed by atoms with E-state index < -0.39 is 51.0 Å². The first-order chi connectivity index (χ1) is 9.84. The van der Waals surface area contributed by atoms with Gasteiger partial charge in [0.05, 0.1) is 10.9 Å². The van der Waals surface area contributed by atoms with Gasteiger partial charge in [0.2, 0.25) is 5.43 Å². The molecule has 0 bridgehead atoms. The Labute approximate surface area is 115 Å². The maximum Gasteiger partial charge on any atom is 0.341 e. The van der Waals surface area contributed by atoms with E-state index in [1.165, 1.54) is 0 Å². The van der Waals surface area contributed by atoms with Crippen LogP contribution in [-0.4, -0.2) is 15.6 Å². The standard InChI is InChI=1S/C13H9F3N2O3/c14-7-6-11(9(16)10(17)8(7)15)18(4-1-2-4)3-5(12(6)19)13(20)21/h3-4H,1-2,17H2,(H,20,21). The predicted octanol–water partition coefficient (Wildman–Crippen LogP) is 2.03. The van der Waals surface area contributed by atoms with Crippen molar-refractivity contribution < 1.29 is 23.1 Å². The number of rotatable bonds is 2. The number of nitrogen functional groups attached to an aromatic ring is 1. The smallest absolute Gasteiger partial charge is 0.341 e. The first-order valence-electron chi connectivity index (χ1n) is 6.08. The van der Waals surface area contributed by atoms with Crippen LogP contribution in [0.5, 0.6) is 0 Å². The molecule has 3 rings (SSSR count). The van der Waals surface area contributed by atoms with Crippen molar-refractivity contribution in [1.29, 1.82) is 0 Å². The zero-order valence-electron chi connectivity index (χ0n) is 10.5. The minimum Gasteiger partial charge on any atom is -0.477 e. The lowest BCUT2D eigenvalue weighted by Gasteiger charge is -2.14. The largest absolute Gasteiger partial charge is 0.477 e. The third-order valence-electron chi connectivity index (χ3n) is 3.50. The summed E-state index contributed by atoms with van der Waals surface area (Å²) in [6.07, 6.45) is 2.19. The summed E-state index contributed by atoms with van der Waals surface area (Å²) in [7, 11) is 0. The molecule has 3 N–H and O–H groups in total. The number of carbonyl (C=O) groups is 1. The fourth-order valence-electron chi connectivity index (χ4n) is 2.31.